The molecule has 1 amide bonds. The van der Waals surface area contributed by atoms with Gasteiger partial charge in [0.15, 0.2) is 0 Å². The highest BCUT2D eigenvalue weighted by Crippen LogP contribution is 2.34. The zero-order valence-corrected chi connectivity index (χ0v) is 12.0. The van der Waals surface area contributed by atoms with E-state index in [0.717, 1.165) is 5.56 Å². The minimum Gasteiger partial charge on any atom is -0.376 e. The summed E-state index contributed by atoms with van der Waals surface area (Å²) in [7, 11) is 0. The van der Waals surface area contributed by atoms with Crippen molar-refractivity contribution in [1.82, 2.24) is 0 Å². The van der Waals surface area contributed by atoms with Gasteiger partial charge in [-0.3, -0.25) is 4.79 Å². The molecule has 1 heterocycles. The number of carbonyl (C=O) groups excluding carboxylic acids is 1. The molecule has 1 unspecified atom stereocenters. The molecule has 2 aromatic carbocycles. The molecule has 0 saturated heterocycles. The topological polar surface area (TPSA) is 41.1 Å². The minimum absolute atomic E-state index is 0.00677. The normalized spacial score (nSPS) is 18.0. The lowest BCUT2D eigenvalue weighted by Gasteiger charge is -2.25. The molecule has 2 N–H and O–H groups in total. The van der Waals surface area contributed by atoms with Crippen molar-refractivity contribution in [3.63, 3.8) is 0 Å². The molecule has 21 heavy (non-hydrogen) atoms. The van der Waals surface area contributed by atoms with Gasteiger partial charge in [0.2, 0.25) is 5.91 Å². The van der Waals surface area contributed by atoms with Gasteiger partial charge in [-0.05, 0) is 18.1 Å². The number of hydrogen-bond acceptors (Lipinski definition) is 2. The van der Waals surface area contributed by atoms with E-state index in [1.807, 2.05) is 30.3 Å². The van der Waals surface area contributed by atoms with E-state index in [2.05, 4.69) is 10.6 Å². The smallest absolute Gasteiger partial charge is 0.224 e. The molecule has 5 heteroatoms. The molecule has 0 aliphatic carbocycles. The highest BCUT2D eigenvalue weighted by molar-refractivity contribution is 6.31. The largest absolute Gasteiger partial charge is 0.376 e. The first kappa shape index (κ1) is 13.9. The van der Waals surface area contributed by atoms with E-state index in [0.29, 0.717) is 24.2 Å². The maximum atomic E-state index is 13.7. The fourth-order valence-electron chi connectivity index (χ4n) is 2.45. The first-order valence-electron chi connectivity index (χ1n) is 6.74. The van der Waals surface area contributed by atoms with Gasteiger partial charge in [0.1, 0.15) is 5.82 Å². The SMILES string of the molecule is O=C1CCC(c2ccccc2)Nc2cc(F)c(Cl)cc2N1. The average molecular weight is 305 g/mol. The van der Waals surface area contributed by atoms with Crippen LogP contribution in [0.15, 0.2) is 42.5 Å². The standard InChI is InChI=1S/C16H14ClFN2O/c17-11-8-14-15(9-12(11)18)19-13(6-7-16(21)20-14)10-4-2-1-3-5-10/h1-5,8-9,13,19H,6-7H2,(H,20,21). The molecule has 3 nitrogen and oxygen atoms in total. The molecule has 0 bridgehead atoms. The van der Waals surface area contributed by atoms with E-state index in [4.69, 9.17) is 11.6 Å². The Hall–Kier alpha value is -2.07. The molecule has 3 rings (SSSR count). The quantitative estimate of drug-likeness (QED) is 0.821. The molecule has 0 fully saturated rings. The summed E-state index contributed by atoms with van der Waals surface area (Å²) < 4.78 is 13.7. The predicted molar refractivity (Wildman–Crippen MR) is 82.1 cm³/mol. The van der Waals surface area contributed by atoms with Crippen molar-refractivity contribution in [1.29, 1.82) is 0 Å². The Kier molecular flexibility index (Phi) is 3.80. The summed E-state index contributed by atoms with van der Waals surface area (Å²) in [6.45, 7) is 0. The number of benzene rings is 2. The molecule has 1 aliphatic rings. The van der Waals surface area contributed by atoms with Gasteiger partial charge in [0.05, 0.1) is 22.4 Å². The molecule has 108 valence electrons. The van der Waals surface area contributed by atoms with Gasteiger partial charge >= 0.3 is 0 Å². The second kappa shape index (κ2) is 5.74. The van der Waals surface area contributed by atoms with E-state index < -0.39 is 5.82 Å². The fraction of sp³-hybridized carbons (Fsp3) is 0.188. The van der Waals surface area contributed by atoms with Crippen molar-refractivity contribution in [2.75, 3.05) is 10.6 Å². The number of hydrogen-bond donors (Lipinski definition) is 2. The summed E-state index contributed by atoms with van der Waals surface area (Å²) >= 11 is 5.79. The molecule has 0 saturated carbocycles. The second-order valence-electron chi connectivity index (χ2n) is 5.01. The summed E-state index contributed by atoms with van der Waals surface area (Å²) in [5, 5.41) is 6.03. The minimum atomic E-state index is -0.510. The summed E-state index contributed by atoms with van der Waals surface area (Å²) in [5.41, 5.74) is 2.11. The van der Waals surface area contributed by atoms with E-state index in [9.17, 15) is 9.18 Å². The van der Waals surface area contributed by atoms with Crippen molar-refractivity contribution in [2.45, 2.75) is 18.9 Å². The van der Waals surface area contributed by atoms with E-state index in [1.54, 1.807) is 0 Å². The number of halogens is 2. The van der Waals surface area contributed by atoms with E-state index >= 15 is 0 Å². The molecule has 0 aromatic heterocycles. The third-order valence-corrected chi connectivity index (χ3v) is 3.82. The molecule has 1 atom stereocenters. The van der Waals surface area contributed by atoms with Crippen molar-refractivity contribution in [3.8, 4) is 0 Å². The average Bonchev–Trinajstić information content (AvgIpc) is 2.47. The van der Waals surface area contributed by atoms with Gasteiger partial charge in [-0.25, -0.2) is 4.39 Å². The highest BCUT2D eigenvalue weighted by atomic mass is 35.5. The van der Waals surface area contributed by atoms with E-state index in [1.165, 1.54) is 12.1 Å². The third-order valence-electron chi connectivity index (χ3n) is 3.53. The second-order valence-corrected chi connectivity index (χ2v) is 5.41. The highest BCUT2D eigenvalue weighted by Gasteiger charge is 2.20. The maximum Gasteiger partial charge on any atom is 0.224 e. The summed E-state index contributed by atoms with van der Waals surface area (Å²) in [5.74, 6) is -0.606. The van der Waals surface area contributed by atoms with Crippen LogP contribution in [0.2, 0.25) is 5.02 Å². The maximum absolute atomic E-state index is 13.7. The van der Waals surface area contributed by atoms with Gasteiger partial charge in [-0.1, -0.05) is 41.9 Å². The van der Waals surface area contributed by atoms with Crippen molar-refractivity contribution in [3.05, 3.63) is 58.9 Å². The lowest BCUT2D eigenvalue weighted by atomic mass is 10.00. The summed E-state index contributed by atoms with van der Waals surface area (Å²) in [6.07, 6.45) is 1.03. The Labute approximate surface area is 127 Å². The zero-order chi connectivity index (χ0) is 14.8. The fourth-order valence-corrected chi connectivity index (χ4v) is 2.62. The van der Waals surface area contributed by atoms with Crippen LogP contribution in [0.3, 0.4) is 0 Å². The van der Waals surface area contributed by atoms with Crippen LogP contribution in [0.5, 0.6) is 0 Å². The van der Waals surface area contributed by atoms with Gasteiger partial charge in [0.25, 0.3) is 0 Å². The van der Waals surface area contributed by atoms with Crippen LogP contribution in [0.4, 0.5) is 15.8 Å². The van der Waals surface area contributed by atoms with Crippen LogP contribution in [0, 0.1) is 5.82 Å². The Morgan fingerprint density at radius 2 is 1.90 bits per heavy atom. The van der Waals surface area contributed by atoms with Crippen molar-refractivity contribution < 1.29 is 9.18 Å². The Morgan fingerprint density at radius 3 is 2.67 bits per heavy atom. The summed E-state index contributed by atoms with van der Waals surface area (Å²) in [4.78, 5) is 11.9. The van der Waals surface area contributed by atoms with Crippen LogP contribution in [0.25, 0.3) is 0 Å². The molecule has 0 spiro atoms. The van der Waals surface area contributed by atoms with Crippen LogP contribution in [0.1, 0.15) is 24.4 Å². The van der Waals surface area contributed by atoms with Crippen LogP contribution in [-0.2, 0) is 4.79 Å². The predicted octanol–water partition coefficient (Wildman–Crippen LogP) is 4.36. The van der Waals surface area contributed by atoms with Crippen molar-refractivity contribution >= 4 is 28.9 Å². The molecule has 1 aliphatic heterocycles. The monoisotopic (exact) mass is 304 g/mol. The van der Waals surface area contributed by atoms with Crippen LogP contribution >= 0.6 is 11.6 Å². The Bertz CT molecular complexity index is 675. The number of anilines is 2. The van der Waals surface area contributed by atoms with Crippen LogP contribution < -0.4 is 10.6 Å². The number of amides is 1. The summed E-state index contributed by atoms with van der Waals surface area (Å²) in [6, 6.07) is 12.5. The molecular formula is C16H14ClFN2O. The van der Waals surface area contributed by atoms with Crippen LogP contribution in [-0.4, -0.2) is 5.91 Å². The Balaban J connectivity index is 2.00. The van der Waals surface area contributed by atoms with Gasteiger partial charge < -0.3 is 10.6 Å². The molecule has 2 aromatic rings. The molecule has 0 radical (unpaired) electrons. The Morgan fingerprint density at radius 1 is 1.14 bits per heavy atom. The van der Waals surface area contributed by atoms with E-state index in [-0.39, 0.29) is 17.0 Å². The lowest BCUT2D eigenvalue weighted by molar-refractivity contribution is -0.116. The molecular weight excluding hydrogens is 291 g/mol. The van der Waals surface area contributed by atoms with Crippen molar-refractivity contribution in [2.24, 2.45) is 0 Å². The van der Waals surface area contributed by atoms with Gasteiger partial charge in [-0.2, -0.15) is 0 Å². The first-order chi connectivity index (χ1) is 10.1. The van der Waals surface area contributed by atoms with Gasteiger partial charge in [0, 0.05) is 12.5 Å². The first-order valence-corrected chi connectivity index (χ1v) is 7.11. The zero-order valence-electron chi connectivity index (χ0n) is 11.2. The third kappa shape index (κ3) is 3.00. The number of nitrogens with one attached hydrogen (secondary N) is 2. The number of carbonyl (C=O) groups is 1. The number of rotatable bonds is 1. The lowest BCUT2D eigenvalue weighted by Crippen LogP contribution is -2.21. The number of fused-ring (bicyclic) bond motifs is 1. The van der Waals surface area contributed by atoms with Gasteiger partial charge in [-0.15, -0.1) is 0 Å².